The third-order valence-corrected chi connectivity index (χ3v) is 3.16. The molecule has 0 aliphatic heterocycles. The lowest BCUT2D eigenvalue weighted by Gasteiger charge is -2.14. The van der Waals surface area contributed by atoms with Gasteiger partial charge < -0.3 is 5.32 Å². The van der Waals surface area contributed by atoms with Gasteiger partial charge in [-0.1, -0.05) is 20.8 Å². The lowest BCUT2D eigenvalue weighted by atomic mass is 9.92. The Morgan fingerprint density at radius 2 is 2.10 bits per heavy atom. The maximum Gasteiger partial charge on any atom is 0.227 e. The van der Waals surface area contributed by atoms with Crippen LogP contribution in [-0.2, 0) is 5.41 Å². The van der Waals surface area contributed by atoms with Crippen LogP contribution in [0.1, 0.15) is 26.5 Å². The fourth-order valence-electron chi connectivity index (χ4n) is 1.88. The number of hydrogen-bond acceptors (Lipinski definition) is 4. The first-order valence-corrected chi connectivity index (χ1v) is 6.65. The van der Waals surface area contributed by atoms with E-state index in [9.17, 15) is 0 Å². The van der Waals surface area contributed by atoms with E-state index in [2.05, 4.69) is 46.3 Å². The topological polar surface area (TPSA) is 70.9 Å². The number of fused-ring (bicyclic) bond motifs is 1. The molecule has 0 spiro atoms. The first kappa shape index (κ1) is 12.9. The lowest BCUT2D eigenvalue weighted by Crippen LogP contribution is -2.11. The van der Waals surface area contributed by atoms with Crippen molar-refractivity contribution in [3.63, 3.8) is 0 Å². The lowest BCUT2D eigenvalue weighted by molar-refractivity contribution is 0.567. The van der Waals surface area contributed by atoms with E-state index in [1.54, 1.807) is 0 Å². The molecule has 0 fully saturated rings. The molecule has 0 atom stereocenters. The highest BCUT2D eigenvalue weighted by atomic mass is 35.5. The zero-order valence-electron chi connectivity index (χ0n) is 11.5. The van der Waals surface area contributed by atoms with Crippen LogP contribution in [0.15, 0.2) is 24.4 Å². The Bertz CT molecular complexity index is 752. The molecule has 0 saturated carbocycles. The number of halogens is 1. The molecule has 3 aromatic heterocycles. The van der Waals surface area contributed by atoms with Gasteiger partial charge in [-0.2, -0.15) is 15.1 Å². The van der Waals surface area contributed by atoms with E-state index in [1.165, 1.54) is 0 Å². The van der Waals surface area contributed by atoms with Crippen molar-refractivity contribution in [3.05, 3.63) is 35.4 Å². The molecule has 3 heterocycles. The predicted octanol–water partition coefficient (Wildman–Crippen LogP) is 3.15. The largest absolute Gasteiger partial charge is 0.308 e. The number of H-pyrrole nitrogens is 1. The first-order valence-electron chi connectivity index (χ1n) is 6.27. The number of nitrogens with one attached hydrogen (secondary N) is 2. The molecule has 0 bridgehead atoms. The first-order chi connectivity index (χ1) is 9.43. The molecule has 2 N–H and O–H groups in total. The van der Waals surface area contributed by atoms with E-state index in [1.807, 2.05) is 28.8 Å². The molecule has 0 aliphatic carbocycles. The van der Waals surface area contributed by atoms with Crippen molar-refractivity contribution in [1.82, 2.24) is 24.6 Å². The van der Waals surface area contributed by atoms with Crippen molar-refractivity contribution in [2.75, 3.05) is 5.32 Å². The number of anilines is 2. The molecule has 0 aliphatic rings. The summed E-state index contributed by atoms with van der Waals surface area (Å²) in [6.45, 7) is 6.36. The second kappa shape index (κ2) is 4.49. The molecular formula is C13H15ClN6. The Morgan fingerprint density at radius 3 is 2.80 bits per heavy atom. The number of aromatic amines is 1. The highest BCUT2D eigenvalue weighted by Crippen LogP contribution is 2.23. The van der Waals surface area contributed by atoms with Gasteiger partial charge in [-0.3, -0.25) is 9.50 Å². The summed E-state index contributed by atoms with van der Waals surface area (Å²) in [5, 5.41) is 10.6. The molecular weight excluding hydrogens is 276 g/mol. The third-order valence-electron chi connectivity index (χ3n) is 2.99. The van der Waals surface area contributed by atoms with E-state index in [0.29, 0.717) is 11.8 Å². The molecule has 3 aromatic rings. The average molecular weight is 291 g/mol. The molecule has 0 radical (unpaired) electrons. The normalized spacial score (nSPS) is 12.0. The van der Waals surface area contributed by atoms with E-state index in [4.69, 9.17) is 11.6 Å². The Kier molecular flexibility index (Phi) is 2.90. The number of rotatable bonds is 2. The molecule has 0 amide bonds. The van der Waals surface area contributed by atoms with Crippen LogP contribution >= 0.6 is 11.6 Å². The summed E-state index contributed by atoms with van der Waals surface area (Å²) in [6, 6.07) is 5.71. The van der Waals surface area contributed by atoms with Crippen LogP contribution < -0.4 is 5.32 Å². The fraction of sp³-hybridized carbons (Fsp3) is 0.308. The van der Waals surface area contributed by atoms with E-state index in [0.717, 1.165) is 11.3 Å². The Hall–Kier alpha value is -2.08. The quantitative estimate of drug-likeness (QED) is 0.760. The predicted molar refractivity (Wildman–Crippen MR) is 78.6 cm³/mol. The van der Waals surface area contributed by atoms with Crippen molar-refractivity contribution in [2.45, 2.75) is 26.2 Å². The van der Waals surface area contributed by atoms with Gasteiger partial charge in [-0.15, -0.1) is 0 Å². The van der Waals surface area contributed by atoms with Crippen LogP contribution in [0.3, 0.4) is 0 Å². The maximum atomic E-state index is 5.92. The van der Waals surface area contributed by atoms with Crippen LogP contribution in [0, 0.1) is 0 Å². The van der Waals surface area contributed by atoms with Gasteiger partial charge in [0.2, 0.25) is 11.2 Å². The highest BCUT2D eigenvalue weighted by Gasteiger charge is 2.17. The zero-order chi connectivity index (χ0) is 14.3. The minimum atomic E-state index is 0.0129. The van der Waals surface area contributed by atoms with Crippen molar-refractivity contribution >= 4 is 29.0 Å². The fourth-order valence-corrected chi connectivity index (χ4v) is 2.04. The Labute approximate surface area is 121 Å². The summed E-state index contributed by atoms with van der Waals surface area (Å²) in [5.41, 5.74) is 1.79. The van der Waals surface area contributed by atoms with Gasteiger partial charge in [0.1, 0.15) is 5.65 Å². The summed E-state index contributed by atoms with van der Waals surface area (Å²) in [5.74, 6) is 1.27. The van der Waals surface area contributed by atoms with Crippen LogP contribution in [-0.4, -0.2) is 24.6 Å². The number of nitrogens with zero attached hydrogens (tertiary/aromatic N) is 4. The molecule has 0 saturated heterocycles. The SMILES string of the molecule is CC(C)(C)c1cc(Nc2nc(Cl)nc3cccn23)n[nH]1. The summed E-state index contributed by atoms with van der Waals surface area (Å²) in [7, 11) is 0. The van der Waals surface area contributed by atoms with Gasteiger partial charge in [0.05, 0.1) is 0 Å². The Balaban J connectivity index is 1.97. The molecule has 7 heteroatoms. The Morgan fingerprint density at radius 1 is 1.30 bits per heavy atom. The second-order valence-electron chi connectivity index (χ2n) is 5.59. The summed E-state index contributed by atoms with van der Waals surface area (Å²) >= 11 is 5.92. The molecule has 3 rings (SSSR count). The minimum Gasteiger partial charge on any atom is -0.308 e. The van der Waals surface area contributed by atoms with Crippen LogP contribution in [0.25, 0.3) is 5.65 Å². The van der Waals surface area contributed by atoms with Gasteiger partial charge in [-0.05, 0) is 23.7 Å². The summed E-state index contributed by atoms with van der Waals surface area (Å²) in [6.07, 6.45) is 1.87. The van der Waals surface area contributed by atoms with Crippen LogP contribution in [0.2, 0.25) is 5.28 Å². The van der Waals surface area contributed by atoms with Gasteiger partial charge in [0, 0.05) is 23.4 Å². The average Bonchev–Trinajstić information content (AvgIpc) is 2.95. The van der Waals surface area contributed by atoms with E-state index < -0.39 is 0 Å². The zero-order valence-corrected chi connectivity index (χ0v) is 12.2. The van der Waals surface area contributed by atoms with Gasteiger partial charge in [0.25, 0.3) is 0 Å². The van der Waals surface area contributed by atoms with Crippen molar-refractivity contribution in [1.29, 1.82) is 0 Å². The number of hydrogen-bond donors (Lipinski definition) is 2. The smallest absolute Gasteiger partial charge is 0.227 e. The number of aromatic nitrogens is 5. The summed E-state index contributed by atoms with van der Waals surface area (Å²) < 4.78 is 1.82. The highest BCUT2D eigenvalue weighted by molar-refractivity contribution is 6.28. The van der Waals surface area contributed by atoms with Crippen molar-refractivity contribution < 1.29 is 0 Å². The van der Waals surface area contributed by atoms with Crippen molar-refractivity contribution in [3.8, 4) is 0 Å². The molecule has 0 aromatic carbocycles. The maximum absolute atomic E-state index is 5.92. The van der Waals surface area contributed by atoms with Gasteiger partial charge in [-0.25, -0.2) is 0 Å². The van der Waals surface area contributed by atoms with E-state index >= 15 is 0 Å². The molecule has 0 unspecified atom stereocenters. The monoisotopic (exact) mass is 290 g/mol. The van der Waals surface area contributed by atoms with Gasteiger partial charge >= 0.3 is 0 Å². The standard InChI is InChI=1S/C13H15ClN6/c1-13(2,3)8-7-9(19-18-8)15-12-17-11(14)16-10-5-4-6-20(10)12/h4-7H,1-3H3,(H2,15,16,17,18,19). The second-order valence-corrected chi connectivity index (χ2v) is 5.93. The third kappa shape index (κ3) is 2.34. The van der Waals surface area contributed by atoms with Crippen LogP contribution in [0.5, 0.6) is 0 Å². The molecule has 6 nitrogen and oxygen atoms in total. The summed E-state index contributed by atoms with van der Waals surface area (Å²) in [4.78, 5) is 8.32. The minimum absolute atomic E-state index is 0.0129. The van der Waals surface area contributed by atoms with E-state index in [-0.39, 0.29) is 10.7 Å². The van der Waals surface area contributed by atoms with Crippen molar-refractivity contribution in [2.24, 2.45) is 0 Å². The van der Waals surface area contributed by atoms with Gasteiger partial charge in [0.15, 0.2) is 5.82 Å². The van der Waals surface area contributed by atoms with Crippen LogP contribution in [0.4, 0.5) is 11.8 Å². The molecule has 104 valence electrons. The molecule has 20 heavy (non-hydrogen) atoms.